The van der Waals surface area contributed by atoms with Gasteiger partial charge in [0.15, 0.2) is 0 Å². The first-order valence-corrected chi connectivity index (χ1v) is 6.09. The van der Waals surface area contributed by atoms with Crippen LogP contribution >= 0.6 is 11.8 Å². The van der Waals surface area contributed by atoms with Gasteiger partial charge in [-0.1, -0.05) is 0 Å². The molecule has 0 bridgehead atoms. The maximum absolute atomic E-state index is 11.1. The molecule has 0 rings (SSSR count). The number of hydrogen-bond acceptors (Lipinski definition) is 2. The van der Waals surface area contributed by atoms with E-state index in [1.165, 1.54) is 12.2 Å². The highest BCUT2D eigenvalue weighted by atomic mass is 32.2. The van der Waals surface area contributed by atoms with Gasteiger partial charge in [-0.2, -0.15) is 11.8 Å². The van der Waals surface area contributed by atoms with Crippen molar-refractivity contribution in [3.05, 3.63) is 0 Å². The summed E-state index contributed by atoms with van der Waals surface area (Å²) in [5.41, 5.74) is 0. The van der Waals surface area contributed by atoms with E-state index in [-0.39, 0.29) is 12.1 Å². The zero-order valence-corrected chi connectivity index (χ0v) is 9.54. The molecule has 0 aliphatic carbocycles. The van der Waals surface area contributed by atoms with E-state index in [2.05, 4.69) is 16.9 Å². The molecule has 0 spiro atoms. The molecule has 2 N–H and O–H groups in total. The summed E-state index contributed by atoms with van der Waals surface area (Å²) >= 11 is 1.84. The lowest BCUT2D eigenvalue weighted by Gasteiger charge is -2.09. The maximum atomic E-state index is 11.1. The fourth-order valence-corrected chi connectivity index (χ4v) is 1.38. The average Bonchev–Trinajstić information content (AvgIpc) is 2.02. The maximum Gasteiger partial charge on any atom is 0.314 e. The van der Waals surface area contributed by atoms with E-state index >= 15 is 0 Å². The molecule has 78 valence electrons. The van der Waals surface area contributed by atoms with Crippen molar-refractivity contribution in [2.75, 3.05) is 18.6 Å². The predicted octanol–water partition coefficient (Wildman–Crippen LogP) is 1.84. The Kier molecular flexibility index (Phi) is 7.99. The number of amides is 2. The van der Waals surface area contributed by atoms with Crippen LogP contribution in [0.15, 0.2) is 0 Å². The molecule has 4 heteroatoms. The zero-order chi connectivity index (χ0) is 10.1. The number of urea groups is 1. The van der Waals surface area contributed by atoms with E-state index in [4.69, 9.17) is 0 Å². The van der Waals surface area contributed by atoms with Crippen LogP contribution < -0.4 is 10.6 Å². The van der Waals surface area contributed by atoms with Gasteiger partial charge in [0, 0.05) is 12.6 Å². The fourth-order valence-electron chi connectivity index (χ4n) is 0.887. The van der Waals surface area contributed by atoms with Crippen molar-refractivity contribution in [2.45, 2.75) is 32.7 Å². The van der Waals surface area contributed by atoms with Gasteiger partial charge in [-0.05, 0) is 38.7 Å². The van der Waals surface area contributed by atoms with Crippen LogP contribution in [0.4, 0.5) is 4.79 Å². The Morgan fingerprint density at radius 2 is 2.08 bits per heavy atom. The summed E-state index contributed by atoms with van der Waals surface area (Å²) in [7, 11) is 0. The summed E-state index contributed by atoms with van der Waals surface area (Å²) in [6.45, 7) is 4.68. The number of rotatable bonds is 6. The Labute approximate surface area is 85.0 Å². The van der Waals surface area contributed by atoms with Crippen LogP contribution in [0.3, 0.4) is 0 Å². The predicted molar refractivity (Wildman–Crippen MR) is 59.3 cm³/mol. The molecule has 0 atom stereocenters. The van der Waals surface area contributed by atoms with Crippen molar-refractivity contribution in [1.29, 1.82) is 0 Å². The first kappa shape index (κ1) is 12.6. The number of thioether (sulfide) groups is 1. The van der Waals surface area contributed by atoms with Crippen LogP contribution in [-0.4, -0.2) is 30.6 Å². The van der Waals surface area contributed by atoms with E-state index in [9.17, 15) is 4.79 Å². The molecule has 0 aromatic rings. The lowest BCUT2D eigenvalue weighted by Crippen LogP contribution is -2.39. The number of nitrogens with one attached hydrogen (secondary N) is 2. The van der Waals surface area contributed by atoms with Gasteiger partial charge in [-0.25, -0.2) is 4.79 Å². The van der Waals surface area contributed by atoms with Gasteiger partial charge < -0.3 is 10.6 Å². The van der Waals surface area contributed by atoms with E-state index in [1.54, 1.807) is 0 Å². The quantitative estimate of drug-likeness (QED) is 0.648. The second-order valence-electron chi connectivity index (χ2n) is 3.25. The molecule has 3 nitrogen and oxygen atoms in total. The summed E-state index contributed by atoms with van der Waals surface area (Å²) in [6, 6.07) is 0.158. The minimum absolute atomic E-state index is 0.0563. The minimum Gasteiger partial charge on any atom is -0.338 e. The Morgan fingerprint density at radius 3 is 2.62 bits per heavy atom. The third kappa shape index (κ3) is 9.53. The molecule has 13 heavy (non-hydrogen) atoms. The summed E-state index contributed by atoms with van der Waals surface area (Å²) < 4.78 is 0. The Morgan fingerprint density at radius 1 is 1.38 bits per heavy atom. The monoisotopic (exact) mass is 204 g/mol. The molecule has 0 unspecified atom stereocenters. The molecule has 2 amide bonds. The first-order valence-electron chi connectivity index (χ1n) is 4.70. The molecular weight excluding hydrogens is 184 g/mol. The summed E-state index contributed by atoms with van der Waals surface area (Å²) in [6.07, 6.45) is 4.33. The van der Waals surface area contributed by atoms with Gasteiger partial charge in [-0.15, -0.1) is 0 Å². The summed E-state index contributed by atoms with van der Waals surface area (Å²) in [5.74, 6) is 1.17. The number of hydrogen-bond donors (Lipinski definition) is 2. The van der Waals surface area contributed by atoms with Gasteiger partial charge in [0.05, 0.1) is 0 Å². The standard InChI is InChI=1S/C9H20N2OS/c1-8(2)11-9(12)10-6-4-5-7-13-3/h8H,4-7H2,1-3H3,(H2,10,11,12). The first-order chi connectivity index (χ1) is 6.16. The van der Waals surface area contributed by atoms with Crippen LogP contribution in [0.2, 0.25) is 0 Å². The largest absolute Gasteiger partial charge is 0.338 e. The number of unbranched alkanes of at least 4 members (excludes halogenated alkanes) is 1. The SMILES string of the molecule is CSCCCCNC(=O)NC(C)C. The molecule has 0 radical (unpaired) electrons. The smallest absolute Gasteiger partial charge is 0.314 e. The molecule has 0 saturated carbocycles. The van der Waals surface area contributed by atoms with E-state index in [0.29, 0.717) is 0 Å². The minimum atomic E-state index is -0.0563. The molecular formula is C9H20N2OS. The normalized spacial score (nSPS) is 10.2. The molecule has 0 aromatic carbocycles. The van der Waals surface area contributed by atoms with Crippen molar-refractivity contribution in [3.8, 4) is 0 Å². The van der Waals surface area contributed by atoms with Gasteiger partial charge in [-0.3, -0.25) is 0 Å². The van der Waals surface area contributed by atoms with Crippen molar-refractivity contribution in [1.82, 2.24) is 10.6 Å². The third-order valence-corrected chi connectivity index (χ3v) is 2.18. The fraction of sp³-hybridized carbons (Fsp3) is 0.889. The van der Waals surface area contributed by atoms with Crippen LogP contribution in [0.1, 0.15) is 26.7 Å². The Bertz CT molecular complexity index is 140. The van der Waals surface area contributed by atoms with Crippen LogP contribution in [-0.2, 0) is 0 Å². The molecule has 0 aliphatic rings. The summed E-state index contributed by atoms with van der Waals surface area (Å²) in [4.78, 5) is 11.1. The number of carbonyl (C=O) groups is 1. The highest BCUT2D eigenvalue weighted by molar-refractivity contribution is 7.98. The molecule has 0 saturated heterocycles. The van der Waals surface area contributed by atoms with Crippen molar-refractivity contribution in [3.63, 3.8) is 0 Å². The highest BCUT2D eigenvalue weighted by Gasteiger charge is 1.99. The Balaban J connectivity index is 3.17. The second kappa shape index (κ2) is 8.23. The molecule has 0 fully saturated rings. The van der Waals surface area contributed by atoms with E-state index < -0.39 is 0 Å². The van der Waals surface area contributed by atoms with Crippen LogP contribution in [0.25, 0.3) is 0 Å². The third-order valence-electron chi connectivity index (χ3n) is 1.48. The highest BCUT2D eigenvalue weighted by Crippen LogP contribution is 1.97. The van der Waals surface area contributed by atoms with Crippen molar-refractivity contribution >= 4 is 17.8 Å². The van der Waals surface area contributed by atoms with Gasteiger partial charge in [0.2, 0.25) is 0 Å². The molecule has 0 aromatic heterocycles. The van der Waals surface area contributed by atoms with Gasteiger partial charge in [0.25, 0.3) is 0 Å². The molecule has 0 heterocycles. The lowest BCUT2D eigenvalue weighted by molar-refractivity contribution is 0.238. The average molecular weight is 204 g/mol. The lowest BCUT2D eigenvalue weighted by atomic mass is 10.3. The molecule has 0 aliphatic heterocycles. The summed E-state index contributed by atoms with van der Waals surface area (Å²) in [5, 5.41) is 5.59. The Hall–Kier alpha value is -0.380. The van der Waals surface area contributed by atoms with E-state index in [0.717, 1.165) is 13.0 Å². The van der Waals surface area contributed by atoms with Gasteiger partial charge >= 0.3 is 6.03 Å². The van der Waals surface area contributed by atoms with Crippen LogP contribution in [0, 0.1) is 0 Å². The van der Waals surface area contributed by atoms with Crippen molar-refractivity contribution in [2.24, 2.45) is 0 Å². The van der Waals surface area contributed by atoms with E-state index in [1.807, 2.05) is 25.6 Å². The topological polar surface area (TPSA) is 41.1 Å². The zero-order valence-electron chi connectivity index (χ0n) is 8.72. The van der Waals surface area contributed by atoms with Crippen molar-refractivity contribution < 1.29 is 4.79 Å². The second-order valence-corrected chi connectivity index (χ2v) is 4.24. The van der Waals surface area contributed by atoms with Gasteiger partial charge in [0.1, 0.15) is 0 Å². The van der Waals surface area contributed by atoms with Crippen LogP contribution in [0.5, 0.6) is 0 Å². The number of carbonyl (C=O) groups excluding carboxylic acids is 1.